The first-order valence-corrected chi connectivity index (χ1v) is 7.69. The van der Waals surface area contributed by atoms with Gasteiger partial charge in [0.2, 0.25) is 5.91 Å². The normalized spacial score (nSPS) is 21.5. The van der Waals surface area contributed by atoms with E-state index in [4.69, 9.17) is 4.74 Å². The third kappa shape index (κ3) is 3.89. The number of ether oxygens (including phenoxy) is 1. The monoisotopic (exact) mass is 302 g/mol. The number of carbonyl (C=O) groups excluding carboxylic acids is 1. The van der Waals surface area contributed by atoms with E-state index in [0.717, 1.165) is 37.4 Å². The van der Waals surface area contributed by atoms with E-state index >= 15 is 0 Å². The van der Waals surface area contributed by atoms with Crippen LogP contribution in [0.4, 0.5) is 0 Å². The lowest BCUT2D eigenvalue weighted by Gasteiger charge is -2.40. The molecule has 0 aromatic heterocycles. The molecule has 4 nitrogen and oxygen atoms in total. The number of carbonyl (C=O) groups is 1. The largest absolute Gasteiger partial charge is 0.497 e. The summed E-state index contributed by atoms with van der Waals surface area (Å²) in [5.74, 6) is 1.00. The molecule has 0 aliphatic carbocycles. The van der Waals surface area contributed by atoms with Crippen LogP contribution >= 0.6 is 0 Å². The molecule has 22 heavy (non-hydrogen) atoms. The Morgan fingerprint density at radius 3 is 2.64 bits per heavy atom. The zero-order valence-electron chi connectivity index (χ0n) is 13.8. The van der Waals surface area contributed by atoms with Crippen molar-refractivity contribution in [2.45, 2.75) is 26.3 Å². The summed E-state index contributed by atoms with van der Waals surface area (Å²) in [5, 5.41) is 2.91. The molecule has 1 amide bonds. The van der Waals surface area contributed by atoms with E-state index in [1.54, 1.807) is 7.11 Å². The average molecular weight is 302 g/mol. The van der Waals surface area contributed by atoms with E-state index in [2.05, 4.69) is 36.0 Å². The Kier molecular flexibility index (Phi) is 5.24. The molecule has 1 aromatic rings. The number of methoxy groups -OCH3 is 1. The Bertz CT molecular complexity index is 539. The molecule has 2 rings (SSSR count). The van der Waals surface area contributed by atoms with E-state index in [-0.39, 0.29) is 11.3 Å². The molecule has 1 saturated heterocycles. The van der Waals surface area contributed by atoms with Gasteiger partial charge in [-0.25, -0.2) is 0 Å². The molecular weight excluding hydrogens is 276 g/mol. The Morgan fingerprint density at radius 1 is 1.41 bits per heavy atom. The number of benzene rings is 1. The van der Waals surface area contributed by atoms with Gasteiger partial charge in [0.15, 0.2) is 0 Å². The summed E-state index contributed by atoms with van der Waals surface area (Å²) in [6.45, 7) is 8.62. The minimum Gasteiger partial charge on any atom is -0.497 e. The minimum atomic E-state index is -0.108. The third-order valence-electron chi connectivity index (χ3n) is 4.51. The van der Waals surface area contributed by atoms with Crippen LogP contribution in [0.5, 0.6) is 5.75 Å². The molecule has 1 N–H and O–H groups in total. The molecule has 120 valence electrons. The number of rotatable bonds is 6. The number of hydrogen-bond acceptors (Lipinski definition) is 3. The van der Waals surface area contributed by atoms with Gasteiger partial charge in [-0.3, -0.25) is 4.79 Å². The standard InChI is InChI=1S/C18H26N2O2/c1-14(2)18(9-10-19-17(21)11-18)13-20(3)12-15-5-7-16(22-4)8-6-15/h5-8H,1,9-13H2,2-4H3,(H,19,21)/t18-/m0/s1. The quantitative estimate of drug-likeness (QED) is 0.821. The van der Waals surface area contributed by atoms with Gasteiger partial charge < -0.3 is 15.0 Å². The summed E-state index contributed by atoms with van der Waals surface area (Å²) >= 11 is 0. The van der Waals surface area contributed by atoms with Gasteiger partial charge in [0.05, 0.1) is 7.11 Å². The first-order valence-electron chi connectivity index (χ1n) is 7.69. The third-order valence-corrected chi connectivity index (χ3v) is 4.51. The lowest BCUT2D eigenvalue weighted by atomic mass is 9.73. The first kappa shape index (κ1) is 16.6. The van der Waals surface area contributed by atoms with Crippen molar-refractivity contribution in [2.24, 2.45) is 5.41 Å². The van der Waals surface area contributed by atoms with E-state index in [9.17, 15) is 4.79 Å². The van der Waals surface area contributed by atoms with Crippen LogP contribution in [-0.4, -0.2) is 38.1 Å². The Hall–Kier alpha value is -1.81. The summed E-state index contributed by atoms with van der Waals surface area (Å²) in [6, 6.07) is 8.12. The lowest BCUT2D eigenvalue weighted by Crippen LogP contribution is -2.46. The van der Waals surface area contributed by atoms with Crippen LogP contribution in [0.2, 0.25) is 0 Å². The molecule has 4 heteroatoms. The first-order chi connectivity index (χ1) is 10.4. The van der Waals surface area contributed by atoms with Crippen molar-refractivity contribution >= 4 is 5.91 Å². The Morgan fingerprint density at radius 2 is 2.09 bits per heavy atom. The molecule has 1 aliphatic rings. The highest BCUT2D eigenvalue weighted by molar-refractivity contribution is 5.78. The highest BCUT2D eigenvalue weighted by atomic mass is 16.5. The molecule has 0 unspecified atom stereocenters. The summed E-state index contributed by atoms with van der Waals surface area (Å²) in [7, 11) is 3.77. The summed E-state index contributed by atoms with van der Waals surface area (Å²) in [6.07, 6.45) is 1.50. The van der Waals surface area contributed by atoms with Gasteiger partial charge in [0, 0.05) is 31.5 Å². The summed E-state index contributed by atoms with van der Waals surface area (Å²) in [5.41, 5.74) is 2.23. The SMILES string of the molecule is C=C(C)[C@@]1(CN(C)Cc2ccc(OC)cc2)CCNC(=O)C1. The summed E-state index contributed by atoms with van der Waals surface area (Å²) < 4.78 is 5.19. The highest BCUT2D eigenvalue weighted by Crippen LogP contribution is 2.37. The van der Waals surface area contributed by atoms with Crippen LogP contribution in [0.25, 0.3) is 0 Å². The zero-order valence-corrected chi connectivity index (χ0v) is 13.8. The predicted octanol–water partition coefficient (Wildman–Crippen LogP) is 2.60. The van der Waals surface area contributed by atoms with Gasteiger partial charge in [-0.2, -0.15) is 0 Å². The highest BCUT2D eigenvalue weighted by Gasteiger charge is 2.37. The second-order valence-corrected chi connectivity index (χ2v) is 6.36. The van der Waals surface area contributed by atoms with Gasteiger partial charge in [0.25, 0.3) is 0 Å². The van der Waals surface area contributed by atoms with Crippen molar-refractivity contribution in [1.29, 1.82) is 0 Å². The van der Waals surface area contributed by atoms with E-state index in [1.807, 2.05) is 19.1 Å². The predicted molar refractivity (Wildman–Crippen MR) is 88.8 cm³/mol. The molecule has 0 bridgehead atoms. The number of piperidine rings is 1. The number of nitrogens with zero attached hydrogens (tertiary/aromatic N) is 1. The number of hydrogen-bond donors (Lipinski definition) is 1. The van der Waals surface area contributed by atoms with Gasteiger partial charge in [-0.1, -0.05) is 24.3 Å². The van der Waals surface area contributed by atoms with Crippen molar-refractivity contribution in [3.05, 3.63) is 42.0 Å². The maximum atomic E-state index is 11.8. The molecule has 0 spiro atoms. The van der Waals surface area contributed by atoms with Crippen molar-refractivity contribution in [2.75, 3.05) is 27.2 Å². The number of nitrogens with one attached hydrogen (secondary N) is 1. The second-order valence-electron chi connectivity index (χ2n) is 6.36. The topological polar surface area (TPSA) is 41.6 Å². The fraction of sp³-hybridized carbons (Fsp3) is 0.500. The zero-order chi connectivity index (χ0) is 16.2. The van der Waals surface area contributed by atoms with Crippen molar-refractivity contribution in [1.82, 2.24) is 10.2 Å². The molecule has 1 atom stereocenters. The second kappa shape index (κ2) is 6.97. The van der Waals surface area contributed by atoms with E-state index < -0.39 is 0 Å². The average Bonchev–Trinajstić information content (AvgIpc) is 2.47. The maximum Gasteiger partial charge on any atom is 0.220 e. The van der Waals surface area contributed by atoms with Crippen LogP contribution in [0.15, 0.2) is 36.4 Å². The molecule has 1 fully saturated rings. The molecular formula is C18H26N2O2. The molecule has 1 aliphatic heterocycles. The van der Waals surface area contributed by atoms with Crippen LogP contribution in [-0.2, 0) is 11.3 Å². The lowest BCUT2D eigenvalue weighted by molar-refractivity contribution is -0.125. The van der Waals surface area contributed by atoms with E-state index in [0.29, 0.717) is 6.42 Å². The maximum absolute atomic E-state index is 11.8. The Labute approximate surface area is 133 Å². The van der Waals surface area contributed by atoms with Crippen molar-refractivity contribution in [3.63, 3.8) is 0 Å². The fourth-order valence-electron chi connectivity index (χ4n) is 3.15. The van der Waals surface area contributed by atoms with Crippen LogP contribution in [0.3, 0.4) is 0 Å². The number of amides is 1. The van der Waals surface area contributed by atoms with Crippen LogP contribution in [0.1, 0.15) is 25.3 Å². The van der Waals surface area contributed by atoms with Crippen molar-refractivity contribution in [3.8, 4) is 5.75 Å². The van der Waals surface area contributed by atoms with Crippen LogP contribution < -0.4 is 10.1 Å². The minimum absolute atomic E-state index is 0.108. The van der Waals surface area contributed by atoms with Gasteiger partial charge >= 0.3 is 0 Å². The summed E-state index contributed by atoms with van der Waals surface area (Å²) in [4.78, 5) is 14.1. The smallest absolute Gasteiger partial charge is 0.220 e. The molecule has 1 aromatic carbocycles. The van der Waals surface area contributed by atoms with Crippen molar-refractivity contribution < 1.29 is 9.53 Å². The van der Waals surface area contributed by atoms with Gasteiger partial charge in [0.1, 0.15) is 5.75 Å². The fourth-order valence-corrected chi connectivity index (χ4v) is 3.15. The van der Waals surface area contributed by atoms with E-state index in [1.165, 1.54) is 5.56 Å². The molecule has 0 radical (unpaired) electrons. The Balaban J connectivity index is 2.03. The van der Waals surface area contributed by atoms with Gasteiger partial charge in [-0.15, -0.1) is 0 Å². The van der Waals surface area contributed by atoms with Gasteiger partial charge in [-0.05, 0) is 38.1 Å². The molecule has 0 saturated carbocycles. The van der Waals surface area contributed by atoms with Crippen LogP contribution in [0, 0.1) is 5.41 Å². The molecule has 1 heterocycles.